The van der Waals surface area contributed by atoms with E-state index in [9.17, 15) is 9.18 Å². The van der Waals surface area contributed by atoms with Crippen LogP contribution in [0.25, 0.3) is 0 Å². The average molecular weight is 314 g/mol. The van der Waals surface area contributed by atoms with Gasteiger partial charge in [-0.25, -0.2) is 18.9 Å². The maximum absolute atomic E-state index is 13.2. The highest BCUT2D eigenvalue weighted by Gasteiger charge is 2.11. The Morgan fingerprint density at radius 2 is 2.28 bits per heavy atom. The smallest absolute Gasteiger partial charge is 0.377 e. The van der Waals surface area contributed by atoms with Crippen LogP contribution in [-0.2, 0) is 11.3 Å². The van der Waals surface area contributed by atoms with Gasteiger partial charge < -0.3 is 4.74 Å². The lowest BCUT2D eigenvalue weighted by atomic mass is 10.2. The number of benzene rings is 1. The first kappa shape index (κ1) is 12.7. The number of carbonyl (C=O) groups is 1. The van der Waals surface area contributed by atoms with Crippen molar-refractivity contribution in [1.29, 1.82) is 0 Å². The van der Waals surface area contributed by atoms with E-state index in [0.29, 0.717) is 16.6 Å². The number of hydrogen-bond acceptors (Lipinski definition) is 4. The van der Waals surface area contributed by atoms with Gasteiger partial charge in [0.15, 0.2) is 0 Å². The summed E-state index contributed by atoms with van der Waals surface area (Å²) in [6, 6.07) is 4.53. The normalized spacial score (nSPS) is 10.4. The fourth-order valence-corrected chi connectivity index (χ4v) is 1.96. The Morgan fingerprint density at radius 3 is 2.94 bits per heavy atom. The van der Waals surface area contributed by atoms with E-state index < -0.39 is 5.97 Å². The molecule has 2 aromatic rings. The Morgan fingerprint density at radius 1 is 1.50 bits per heavy atom. The molecular formula is C11H9BrFN3O2. The molecule has 0 spiro atoms. The summed E-state index contributed by atoms with van der Waals surface area (Å²) in [4.78, 5) is 15.0. The van der Waals surface area contributed by atoms with Crippen molar-refractivity contribution in [2.45, 2.75) is 6.54 Å². The largest absolute Gasteiger partial charge is 0.463 e. The highest BCUT2D eigenvalue weighted by atomic mass is 79.9. The molecule has 1 heterocycles. The van der Waals surface area contributed by atoms with Crippen molar-refractivity contribution in [3.8, 4) is 0 Å². The summed E-state index contributed by atoms with van der Waals surface area (Å²) in [7, 11) is 1.26. The Kier molecular flexibility index (Phi) is 3.71. The van der Waals surface area contributed by atoms with Gasteiger partial charge in [0.2, 0.25) is 0 Å². The van der Waals surface area contributed by atoms with Crippen LogP contribution in [0.2, 0.25) is 0 Å². The van der Waals surface area contributed by atoms with Crippen LogP contribution in [-0.4, -0.2) is 27.8 Å². The molecule has 1 aromatic carbocycles. The van der Waals surface area contributed by atoms with E-state index in [-0.39, 0.29) is 11.6 Å². The van der Waals surface area contributed by atoms with Gasteiger partial charge in [0, 0.05) is 4.47 Å². The highest BCUT2D eigenvalue weighted by Crippen LogP contribution is 2.15. The van der Waals surface area contributed by atoms with E-state index >= 15 is 0 Å². The van der Waals surface area contributed by atoms with E-state index in [1.165, 1.54) is 30.3 Å². The molecule has 0 saturated heterocycles. The van der Waals surface area contributed by atoms with Gasteiger partial charge in [-0.05, 0) is 23.8 Å². The number of carbonyl (C=O) groups excluding carboxylic acids is 1. The molecule has 0 aliphatic rings. The van der Waals surface area contributed by atoms with Gasteiger partial charge in [0.25, 0.3) is 5.82 Å². The number of hydrogen-bond donors (Lipinski definition) is 0. The highest BCUT2D eigenvalue weighted by molar-refractivity contribution is 9.10. The molecule has 0 bridgehead atoms. The first-order valence-corrected chi connectivity index (χ1v) is 5.80. The number of rotatable bonds is 3. The Bertz CT molecular complexity index is 565. The minimum Gasteiger partial charge on any atom is -0.463 e. The van der Waals surface area contributed by atoms with Crippen LogP contribution in [0, 0.1) is 5.82 Å². The lowest BCUT2D eigenvalue weighted by Gasteiger charge is -2.02. The zero-order valence-corrected chi connectivity index (χ0v) is 11.0. The Balaban J connectivity index is 2.18. The Labute approximate surface area is 111 Å². The summed E-state index contributed by atoms with van der Waals surface area (Å²) in [5, 5.41) is 3.93. The minimum atomic E-state index is -0.603. The molecule has 0 aliphatic carbocycles. The maximum atomic E-state index is 13.2. The van der Waals surface area contributed by atoms with Gasteiger partial charge in [0.1, 0.15) is 12.1 Å². The first-order chi connectivity index (χ1) is 8.58. The Hall–Kier alpha value is -1.76. The number of aromatic nitrogens is 3. The fourth-order valence-electron chi connectivity index (χ4n) is 1.44. The standard InChI is InChI=1S/C11H9BrFN3O2/c1-18-11(17)10-14-6-16(15-10)5-7-2-8(12)4-9(13)3-7/h2-4,6H,5H2,1H3. The molecule has 0 unspecified atom stereocenters. The second-order valence-corrected chi connectivity index (χ2v) is 4.45. The SMILES string of the molecule is COC(=O)c1ncn(Cc2cc(F)cc(Br)c2)n1. The summed E-state index contributed by atoms with van der Waals surface area (Å²) in [5.41, 5.74) is 0.711. The van der Waals surface area contributed by atoms with E-state index in [1.807, 2.05) is 0 Å². The van der Waals surface area contributed by atoms with Crippen LogP contribution < -0.4 is 0 Å². The van der Waals surface area contributed by atoms with Gasteiger partial charge in [-0.1, -0.05) is 15.9 Å². The molecule has 18 heavy (non-hydrogen) atoms. The minimum absolute atomic E-state index is 0.0204. The summed E-state index contributed by atoms with van der Waals surface area (Å²) in [6.07, 6.45) is 1.39. The molecule has 1 aromatic heterocycles. The van der Waals surface area contributed by atoms with Crippen molar-refractivity contribution in [3.63, 3.8) is 0 Å². The molecule has 0 fully saturated rings. The quantitative estimate of drug-likeness (QED) is 0.813. The van der Waals surface area contributed by atoms with E-state index in [2.05, 4.69) is 30.7 Å². The number of esters is 1. The van der Waals surface area contributed by atoms with Crippen LogP contribution in [0.4, 0.5) is 4.39 Å². The van der Waals surface area contributed by atoms with Crippen LogP contribution in [0.3, 0.4) is 0 Å². The summed E-state index contributed by atoms with van der Waals surface area (Å²) in [6.45, 7) is 0.320. The van der Waals surface area contributed by atoms with Gasteiger partial charge in [-0.3, -0.25) is 0 Å². The number of methoxy groups -OCH3 is 1. The van der Waals surface area contributed by atoms with Crippen LogP contribution in [0.15, 0.2) is 29.0 Å². The van der Waals surface area contributed by atoms with Crippen LogP contribution in [0.5, 0.6) is 0 Å². The molecule has 0 atom stereocenters. The molecular weight excluding hydrogens is 305 g/mol. The third kappa shape index (κ3) is 2.92. The molecule has 7 heteroatoms. The first-order valence-electron chi connectivity index (χ1n) is 5.01. The summed E-state index contributed by atoms with van der Waals surface area (Å²) in [5.74, 6) is -0.963. The second kappa shape index (κ2) is 5.26. The number of ether oxygens (including phenoxy) is 1. The van der Waals surface area contributed by atoms with Crippen molar-refractivity contribution >= 4 is 21.9 Å². The number of nitrogens with zero attached hydrogens (tertiary/aromatic N) is 3. The molecule has 0 amide bonds. The third-order valence-corrected chi connectivity index (χ3v) is 2.63. The zero-order chi connectivity index (χ0) is 13.1. The number of halogens is 2. The van der Waals surface area contributed by atoms with Gasteiger partial charge in [-0.2, -0.15) is 0 Å². The van der Waals surface area contributed by atoms with Gasteiger partial charge in [-0.15, -0.1) is 5.10 Å². The van der Waals surface area contributed by atoms with Crippen molar-refractivity contribution < 1.29 is 13.9 Å². The van der Waals surface area contributed by atoms with Crippen LogP contribution >= 0.6 is 15.9 Å². The van der Waals surface area contributed by atoms with E-state index in [4.69, 9.17) is 0 Å². The molecule has 5 nitrogen and oxygen atoms in total. The van der Waals surface area contributed by atoms with Gasteiger partial charge in [0.05, 0.1) is 13.7 Å². The monoisotopic (exact) mass is 313 g/mol. The lowest BCUT2D eigenvalue weighted by molar-refractivity contribution is 0.0586. The molecule has 0 aliphatic heterocycles. The average Bonchev–Trinajstić information content (AvgIpc) is 2.75. The fraction of sp³-hybridized carbons (Fsp3) is 0.182. The second-order valence-electron chi connectivity index (χ2n) is 3.54. The molecule has 0 radical (unpaired) electrons. The van der Waals surface area contributed by atoms with E-state index in [0.717, 1.165) is 0 Å². The van der Waals surface area contributed by atoms with Crippen molar-refractivity contribution in [2.24, 2.45) is 0 Å². The summed E-state index contributed by atoms with van der Waals surface area (Å²) < 4.78 is 19.7. The van der Waals surface area contributed by atoms with E-state index in [1.54, 1.807) is 6.07 Å². The van der Waals surface area contributed by atoms with Crippen molar-refractivity contribution in [3.05, 3.63) is 46.2 Å². The predicted octanol–water partition coefficient (Wildman–Crippen LogP) is 2.01. The molecule has 2 rings (SSSR count). The molecule has 94 valence electrons. The molecule has 0 N–H and O–H groups in total. The van der Waals surface area contributed by atoms with Gasteiger partial charge >= 0.3 is 5.97 Å². The predicted molar refractivity (Wildman–Crippen MR) is 64.6 cm³/mol. The summed E-state index contributed by atoms with van der Waals surface area (Å²) >= 11 is 3.21. The lowest BCUT2D eigenvalue weighted by Crippen LogP contribution is -2.06. The molecule has 0 saturated carbocycles. The topological polar surface area (TPSA) is 57.0 Å². The van der Waals surface area contributed by atoms with Crippen LogP contribution in [0.1, 0.15) is 16.2 Å². The van der Waals surface area contributed by atoms with Crippen molar-refractivity contribution in [2.75, 3.05) is 7.11 Å². The van der Waals surface area contributed by atoms with Crippen molar-refractivity contribution in [1.82, 2.24) is 14.8 Å². The zero-order valence-electron chi connectivity index (χ0n) is 9.43. The maximum Gasteiger partial charge on any atom is 0.377 e. The third-order valence-electron chi connectivity index (χ3n) is 2.17.